The van der Waals surface area contributed by atoms with E-state index in [0.717, 1.165) is 25.0 Å². The molecule has 0 radical (unpaired) electrons. The Kier molecular flexibility index (Phi) is 7.63. The third-order valence-corrected chi connectivity index (χ3v) is 3.65. The first-order valence-corrected chi connectivity index (χ1v) is 8.76. The summed E-state index contributed by atoms with van der Waals surface area (Å²) in [4.78, 5) is 16.0. The number of halogens is 3. The van der Waals surface area contributed by atoms with Gasteiger partial charge < -0.3 is 14.6 Å². The van der Waals surface area contributed by atoms with Crippen LogP contribution in [0.2, 0.25) is 0 Å². The van der Waals surface area contributed by atoms with Crippen LogP contribution < -0.4 is 10.1 Å². The van der Waals surface area contributed by atoms with Crippen molar-refractivity contribution in [3.05, 3.63) is 41.5 Å². The van der Waals surface area contributed by atoms with Crippen molar-refractivity contribution in [2.45, 2.75) is 45.2 Å². The Balaban J connectivity index is 1.59. The summed E-state index contributed by atoms with van der Waals surface area (Å²) in [7, 11) is 0. The fourth-order valence-electron chi connectivity index (χ4n) is 2.30. The maximum Gasteiger partial charge on any atom is 0.416 e. The first-order chi connectivity index (χ1) is 12.9. The molecule has 1 amide bonds. The van der Waals surface area contributed by atoms with E-state index in [4.69, 9.17) is 9.26 Å². The van der Waals surface area contributed by atoms with Crippen LogP contribution in [0.5, 0.6) is 5.75 Å². The molecule has 0 aliphatic heterocycles. The lowest BCUT2D eigenvalue weighted by Crippen LogP contribution is -2.27. The summed E-state index contributed by atoms with van der Waals surface area (Å²) < 4.78 is 47.8. The SMILES string of the molecule is CCCc1noc(CCCC(=O)NCCOc2ccc(C(F)(F)F)cc2)n1. The van der Waals surface area contributed by atoms with Gasteiger partial charge in [0.2, 0.25) is 11.8 Å². The molecule has 0 aliphatic carbocycles. The summed E-state index contributed by atoms with van der Waals surface area (Å²) in [6.45, 7) is 2.46. The van der Waals surface area contributed by atoms with Crippen LogP contribution >= 0.6 is 0 Å². The number of ether oxygens (including phenoxy) is 1. The Morgan fingerprint density at radius 1 is 1.22 bits per heavy atom. The zero-order valence-corrected chi connectivity index (χ0v) is 15.0. The predicted molar refractivity (Wildman–Crippen MR) is 91.2 cm³/mol. The maximum atomic E-state index is 12.5. The average molecular weight is 385 g/mol. The largest absolute Gasteiger partial charge is 0.492 e. The third-order valence-electron chi connectivity index (χ3n) is 3.65. The van der Waals surface area contributed by atoms with Crippen LogP contribution in [0, 0.1) is 0 Å². The number of hydrogen-bond acceptors (Lipinski definition) is 5. The fraction of sp³-hybridized carbons (Fsp3) is 0.500. The smallest absolute Gasteiger partial charge is 0.416 e. The topological polar surface area (TPSA) is 77.2 Å². The Hall–Kier alpha value is -2.58. The number of alkyl halides is 3. The minimum atomic E-state index is -4.37. The molecular formula is C18H22F3N3O3. The van der Waals surface area contributed by atoms with Crippen molar-refractivity contribution < 1.29 is 27.2 Å². The molecule has 0 bridgehead atoms. The van der Waals surface area contributed by atoms with Gasteiger partial charge in [0.1, 0.15) is 12.4 Å². The molecule has 2 rings (SSSR count). The van der Waals surface area contributed by atoms with Gasteiger partial charge in [-0.15, -0.1) is 0 Å². The minimum Gasteiger partial charge on any atom is -0.492 e. The van der Waals surface area contributed by atoms with Gasteiger partial charge in [-0.05, 0) is 37.1 Å². The molecule has 0 unspecified atom stereocenters. The van der Waals surface area contributed by atoms with E-state index in [1.54, 1.807) is 0 Å². The van der Waals surface area contributed by atoms with Gasteiger partial charge in [-0.3, -0.25) is 4.79 Å². The Morgan fingerprint density at radius 2 is 1.96 bits per heavy atom. The minimum absolute atomic E-state index is 0.140. The Labute approximate surface area is 155 Å². The van der Waals surface area contributed by atoms with Crippen LogP contribution in [-0.4, -0.2) is 29.2 Å². The lowest BCUT2D eigenvalue weighted by Gasteiger charge is -2.09. The highest BCUT2D eigenvalue weighted by molar-refractivity contribution is 5.75. The number of carbonyl (C=O) groups excluding carboxylic acids is 1. The van der Waals surface area contributed by atoms with E-state index < -0.39 is 11.7 Å². The zero-order chi connectivity index (χ0) is 19.7. The second-order valence-electron chi connectivity index (χ2n) is 5.93. The molecule has 0 saturated carbocycles. The van der Waals surface area contributed by atoms with Gasteiger partial charge in [0.25, 0.3) is 0 Å². The third kappa shape index (κ3) is 7.28. The first kappa shape index (κ1) is 20.7. The van der Waals surface area contributed by atoms with Gasteiger partial charge in [-0.25, -0.2) is 0 Å². The average Bonchev–Trinajstić information content (AvgIpc) is 3.06. The van der Waals surface area contributed by atoms with E-state index in [-0.39, 0.29) is 19.1 Å². The zero-order valence-electron chi connectivity index (χ0n) is 15.0. The maximum absolute atomic E-state index is 12.5. The number of aryl methyl sites for hydroxylation is 2. The van der Waals surface area contributed by atoms with Gasteiger partial charge >= 0.3 is 6.18 Å². The van der Waals surface area contributed by atoms with Crippen molar-refractivity contribution >= 4 is 5.91 Å². The number of hydrogen-bond donors (Lipinski definition) is 1. The van der Waals surface area contributed by atoms with Gasteiger partial charge in [-0.1, -0.05) is 12.1 Å². The number of benzene rings is 1. The highest BCUT2D eigenvalue weighted by Crippen LogP contribution is 2.30. The molecule has 27 heavy (non-hydrogen) atoms. The summed E-state index contributed by atoms with van der Waals surface area (Å²) in [6, 6.07) is 4.42. The summed E-state index contributed by atoms with van der Waals surface area (Å²) in [6.07, 6.45) is -1.23. The fourth-order valence-corrected chi connectivity index (χ4v) is 2.30. The van der Waals surface area contributed by atoms with E-state index in [9.17, 15) is 18.0 Å². The van der Waals surface area contributed by atoms with Crippen LogP contribution in [0.3, 0.4) is 0 Å². The van der Waals surface area contributed by atoms with Crippen molar-refractivity contribution in [3.8, 4) is 5.75 Å². The molecule has 1 N–H and O–H groups in total. The summed E-state index contributed by atoms with van der Waals surface area (Å²) >= 11 is 0. The van der Waals surface area contributed by atoms with Crippen molar-refractivity contribution in [1.82, 2.24) is 15.5 Å². The Morgan fingerprint density at radius 3 is 2.63 bits per heavy atom. The van der Waals surface area contributed by atoms with E-state index in [1.807, 2.05) is 6.92 Å². The molecule has 148 valence electrons. The molecule has 1 aromatic heterocycles. The predicted octanol–water partition coefficient (Wildman–Crippen LogP) is 3.56. The molecule has 0 spiro atoms. The molecule has 1 heterocycles. The number of carbonyl (C=O) groups is 1. The lowest BCUT2D eigenvalue weighted by molar-refractivity contribution is -0.137. The Bertz CT molecular complexity index is 715. The highest BCUT2D eigenvalue weighted by atomic mass is 19.4. The summed E-state index contributed by atoms with van der Waals surface area (Å²) in [5.41, 5.74) is -0.730. The van der Waals surface area contributed by atoms with Crippen molar-refractivity contribution in [3.63, 3.8) is 0 Å². The van der Waals surface area contributed by atoms with Crippen molar-refractivity contribution in [2.24, 2.45) is 0 Å². The molecule has 0 saturated heterocycles. The van der Waals surface area contributed by atoms with Crippen LogP contribution in [0.15, 0.2) is 28.8 Å². The normalized spacial score (nSPS) is 11.4. The summed E-state index contributed by atoms with van der Waals surface area (Å²) in [5.74, 6) is 1.38. The van der Waals surface area contributed by atoms with Gasteiger partial charge in [-0.2, -0.15) is 18.2 Å². The quantitative estimate of drug-likeness (QED) is 0.633. The number of aromatic nitrogens is 2. The summed E-state index contributed by atoms with van der Waals surface area (Å²) in [5, 5.41) is 6.54. The van der Waals surface area contributed by atoms with Crippen molar-refractivity contribution in [2.75, 3.05) is 13.2 Å². The van der Waals surface area contributed by atoms with Crippen LogP contribution in [0.25, 0.3) is 0 Å². The van der Waals surface area contributed by atoms with Crippen LogP contribution in [-0.2, 0) is 23.8 Å². The number of amides is 1. The van der Waals surface area contributed by atoms with Crippen molar-refractivity contribution in [1.29, 1.82) is 0 Å². The monoisotopic (exact) mass is 385 g/mol. The molecular weight excluding hydrogens is 363 g/mol. The van der Waals surface area contributed by atoms with Gasteiger partial charge in [0.05, 0.1) is 12.1 Å². The first-order valence-electron chi connectivity index (χ1n) is 8.76. The van der Waals surface area contributed by atoms with E-state index >= 15 is 0 Å². The van der Waals surface area contributed by atoms with Crippen LogP contribution in [0.4, 0.5) is 13.2 Å². The number of rotatable bonds is 10. The highest BCUT2D eigenvalue weighted by Gasteiger charge is 2.29. The lowest BCUT2D eigenvalue weighted by atomic mass is 10.2. The molecule has 0 atom stereocenters. The number of nitrogens with one attached hydrogen (secondary N) is 1. The molecule has 0 aliphatic rings. The van der Waals surface area contributed by atoms with E-state index in [0.29, 0.717) is 36.7 Å². The van der Waals surface area contributed by atoms with Crippen LogP contribution in [0.1, 0.15) is 43.5 Å². The second-order valence-corrected chi connectivity index (χ2v) is 5.93. The van der Waals surface area contributed by atoms with E-state index in [1.165, 1.54) is 12.1 Å². The number of nitrogens with zero attached hydrogens (tertiary/aromatic N) is 2. The molecule has 1 aromatic carbocycles. The molecule has 0 fully saturated rings. The molecule has 2 aromatic rings. The second kappa shape index (κ2) is 9.94. The van der Waals surface area contributed by atoms with E-state index in [2.05, 4.69) is 15.5 Å². The van der Waals surface area contributed by atoms with Gasteiger partial charge in [0.15, 0.2) is 5.82 Å². The standard InChI is InChI=1S/C18H22F3N3O3/c1-2-4-15-23-17(27-24-15)6-3-5-16(25)22-11-12-26-14-9-7-13(8-10-14)18(19,20)21/h7-10H,2-6,11-12H2,1H3,(H,22,25). The molecule has 6 nitrogen and oxygen atoms in total. The van der Waals surface area contributed by atoms with Gasteiger partial charge in [0, 0.05) is 19.3 Å². The molecule has 9 heteroatoms.